The van der Waals surface area contributed by atoms with Gasteiger partial charge in [0.15, 0.2) is 0 Å². The van der Waals surface area contributed by atoms with Crippen molar-refractivity contribution in [3.05, 3.63) is 11.4 Å². The number of nitrogens with one attached hydrogen (secondary N) is 1. The molecule has 6 heteroatoms. The SMILES string of the molecule is CC[C@@H](N)C(=O)Nc1nnc(C)c(C)n1. The third-order valence-electron chi connectivity index (χ3n) is 2.10. The van der Waals surface area contributed by atoms with Gasteiger partial charge in [-0.1, -0.05) is 6.92 Å². The van der Waals surface area contributed by atoms with Crippen molar-refractivity contribution in [3.8, 4) is 0 Å². The second-order valence-electron chi connectivity index (χ2n) is 3.31. The molecule has 82 valence electrons. The summed E-state index contributed by atoms with van der Waals surface area (Å²) >= 11 is 0. The molecule has 0 saturated carbocycles. The van der Waals surface area contributed by atoms with Gasteiger partial charge in [0.25, 0.3) is 0 Å². The predicted octanol–water partition coefficient (Wildman–Crippen LogP) is 0.164. The summed E-state index contributed by atoms with van der Waals surface area (Å²) in [4.78, 5) is 15.5. The van der Waals surface area contributed by atoms with E-state index in [9.17, 15) is 4.79 Å². The first-order valence-electron chi connectivity index (χ1n) is 4.79. The number of aromatic nitrogens is 3. The minimum Gasteiger partial charge on any atom is -0.320 e. The molecule has 0 aliphatic rings. The molecule has 1 aromatic heterocycles. The van der Waals surface area contributed by atoms with Crippen LogP contribution >= 0.6 is 0 Å². The standard InChI is InChI=1S/C9H15N5O/c1-4-7(10)8(15)12-9-11-5(2)6(3)13-14-9/h7H,4,10H2,1-3H3,(H,11,12,14,15)/t7-/m1/s1. The van der Waals surface area contributed by atoms with Gasteiger partial charge in [0.05, 0.1) is 17.4 Å². The molecule has 1 rings (SSSR count). The fourth-order valence-corrected chi connectivity index (χ4v) is 0.898. The van der Waals surface area contributed by atoms with Gasteiger partial charge in [-0.15, -0.1) is 5.10 Å². The Kier molecular flexibility index (Phi) is 3.68. The molecular formula is C9H15N5O. The van der Waals surface area contributed by atoms with Gasteiger partial charge in [0.1, 0.15) is 0 Å². The van der Waals surface area contributed by atoms with Crippen molar-refractivity contribution < 1.29 is 4.79 Å². The number of nitrogens with two attached hydrogens (primary N) is 1. The van der Waals surface area contributed by atoms with Crippen molar-refractivity contribution in [2.75, 3.05) is 5.32 Å². The van der Waals surface area contributed by atoms with E-state index in [0.717, 1.165) is 11.4 Å². The zero-order valence-electron chi connectivity index (χ0n) is 9.11. The maximum Gasteiger partial charge on any atom is 0.249 e. The van der Waals surface area contributed by atoms with Crippen LogP contribution in [-0.2, 0) is 4.79 Å². The van der Waals surface area contributed by atoms with Gasteiger partial charge >= 0.3 is 0 Å². The zero-order chi connectivity index (χ0) is 11.4. The molecule has 0 saturated heterocycles. The maximum atomic E-state index is 11.4. The number of hydrogen-bond acceptors (Lipinski definition) is 5. The number of rotatable bonds is 3. The summed E-state index contributed by atoms with van der Waals surface area (Å²) in [7, 11) is 0. The van der Waals surface area contributed by atoms with Crippen molar-refractivity contribution in [1.82, 2.24) is 15.2 Å². The normalized spacial score (nSPS) is 12.3. The highest BCUT2D eigenvalue weighted by Gasteiger charge is 2.12. The molecule has 1 aromatic rings. The highest BCUT2D eigenvalue weighted by atomic mass is 16.2. The Balaban J connectivity index is 2.73. The van der Waals surface area contributed by atoms with Crippen LogP contribution < -0.4 is 11.1 Å². The molecule has 0 spiro atoms. The molecule has 15 heavy (non-hydrogen) atoms. The topological polar surface area (TPSA) is 93.8 Å². The average Bonchev–Trinajstić information content (AvgIpc) is 2.22. The van der Waals surface area contributed by atoms with E-state index in [1.54, 1.807) is 13.8 Å². The number of carbonyl (C=O) groups excluding carboxylic acids is 1. The third-order valence-corrected chi connectivity index (χ3v) is 2.10. The number of nitrogens with zero attached hydrogens (tertiary/aromatic N) is 3. The molecule has 0 aliphatic carbocycles. The van der Waals surface area contributed by atoms with Gasteiger partial charge in [-0.25, -0.2) is 4.98 Å². The minimum absolute atomic E-state index is 0.201. The lowest BCUT2D eigenvalue weighted by Crippen LogP contribution is -2.35. The third kappa shape index (κ3) is 2.95. The van der Waals surface area contributed by atoms with E-state index >= 15 is 0 Å². The number of aryl methyl sites for hydroxylation is 2. The Morgan fingerprint density at radius 1 is 1.40 bits per heavy atom. The van der Waals surface area contributed by atoms with E-state index < -0.39 is 6.04 Å². The number of carbonyl (C=O) groups is 1. The van der Waals surface area contributed by atoms with Crippen LogP contribution in [0.25, 0.3) is 0 Å². The number of amides is 1. The fourth-order valence-electron chi connectivity index (χ4n) is 0.898. The summed E-state index contributed by atoms with van der Waals surface area (Å²) in [5.74, 6) is -0.0884. The van der Waals surface area contributed by atoms with Crippen molar-refractivity contribution in [1.29, 1.82) is 0 Å². The lowest BCUT2D eigenvalue weighted by Gasteiger charge is -2.08. The highest BCUT2D eigenvalue weighted by Crippen LogP contribution is 2.02. The van der Waals surface area contributed by atoms with E-state index in [1.807, 2.05) is 6.92 Å². The summed E-state index contributed by atoms with van der Waals surface area (Å²) in [5.41, 5.74) is 7.03. The zero-order valence-corrected chi connectivity index (χ0v) is 9.11. The van der Waals surface area contributed by atoms with Crippen LogP contribution in [0.15, 0.2) is 0 Å². The first-order chi connectivity index (χ1) is 7.04. The van der Waals surface area contributed by atoms with E-state index in [-0.39, 0.29) is 11.9 Å². The Morgan fingerprint density at radius 2 is 2.07 bits per heavy atom. The summed E-state index contributed by atoms with van der Waals surface area (Å²) in [6.07, 6.45) is 0.574. The van der Waals surface area contributed by atoms with E-state index in [2.05, 4.69) is 20.5 Å². The van der Waals surface area contributed by atoms with Crippen LogP contribution in [0.3, 0.4) is 0 Å². The van der Waals surface area contributed by atoms with Gasteiger partial charge in [0, 0.05) is 0 Å². The Morgan fingerprint density at radius 3 is 2.60 bits per heavy atom. The Labute approximate surface area is 88.3 Å². The van der Waals surface area contributed by atoms with Crippen molar-refractivity contribution in [2.45, 2.75) is 33.2 Å². The molecule has 6 nitrogen and oxygen atoms in total. The van der Waals surface area contributed by atoms with Gasteiger partial charge < -0.3 is 5.73 Å². The molecule has 0 fully saturated rings. The predicted molar refractivity (Wildman–Crippen MR) is 56.2 cm³/mol. The second kappa shape index (κ2) is 4.79. The first kappa shape index (κ1) is 11.5. The molecule has 1 heterocycles. The molecule has 0 unspecified atom stereocenters. The van der Waals surface area contributed by atoms with Crippen LogP contribution in [0.1, 0.15) is 24.7 Å². The highest BCUT2D eigenvalue weighted by molar-refractivity contribution is 5.93. The van der Waals surface area contributed by atoms with Crippen LogP contribution in [0.2, 0.25) is 0 Å². The molecular weight excluding hydrogens is 194 g/mol. The van der Waals surface area contributed by atoms with E-state index in [0.29, 0.717) is 6.42 Å². The average molecular weight is 209 g/mol. The summed E-state index contributed by atoms with van der Waals surface area (Å²) < 4.78 is 0. The molecule has 1 amide bonds. The monoisotopic (exact) mass is 209 g/mol. The summed E-state index contributed by atoms with van der Waals surface area (Å²) in [6.45, 7) is 5.45. The van der Waals surface area contributed by atoms with E-state index in [4.69, 9.17) is 5.73 Å². The summed E-state index contributed by atoms with van der Waals surface area (Å²) in [5, 5.41) is 10.1. The number of hydrogen-bond donors (Lipinski definition) is 2. The lowest BCUT2D eigenvalue weighted by molar-refractivity contribution is -0.117. The minimum atomic E-state index is -0.532. The smallest absolute Gasteiger partial charge is 0.249 e. The van der Waals surface area contributed by atoms with Gasteiger partial charge in [0.2, 0.25) is 11.9 Å². The Bertz CT molecular complexity index is 366. The van der Waals surface area contributed by atoms with Gasteiger partial charge in [-0.2, -0.15) is 5.10 Å². The Hall–Kier alpha value is -1.56. The van der Waals surface area contributed by atoms with Gasteiger partial charge in [-0.3, -0.25) is 10.1 Å². The molecule has 3 N–H and O–H groups in total. The van der Waals surface area contributed by atoms with E-state index in [1.165, 1.54) is 0 Å². The first-order valence-corrected chi connectivity index (χ1v) is 4.79. The van der Waals surface area contributed by atoms with Crippen LogP contribution in [0.4, 0.5) is 5.95 Å². The molecule has 0 aliphatic heterocycles. The van der Waals surface area contributed by atoms with Crippen molar-refractivity contribution >= 4 is 11.9 Å². The summed E-state index contributed by atoms with van der Waals surface area (Å²) in [6, 6.07) is -0.532. The largest absolute Gasteiger partial charge is 0.320 e. The molecule has 0 aromatic carbocycles. The molecule has 1 atom stereocenters. The molecule has 0 bridgehead atoms. The lowest BCUT2D eigenvalue weighted by atomic mass is 10.2. The molecule has 0 radical (unpaired) electrons. The fraction of sp³-hybridized carbons (Fsp3) is 0.556. The van der Waals surface area contributed by atoms with Gasteiger partial charge in [-0.05, 0) is 20.3 Å². The maximum absolute atomic E-state index is 11.4. The van der Waals surface area contributed by atoms with Crippen molar-refractivity contribution in [3.63, 3.8) is 0 Å². The van der Waals surface area contributed by atoms with Crippen LogP contribution in [0.5, 0.6) is 0 Å². The van der Waals surface area contributed by atoms with Crippen molar-refractivity contribution in [2.24, 2.45) is 5.73 Å². The second-order valence-corrected chi connectivity index (χ2v) is 3.31. The quantitative estimate of drug-likeness (QED) is 0.739. The van der Waals surface area contributed by atoms with Crippen LogP contribution in [-0.4, -0.2) is 27.1 Å². The number of anilines is 1. The van der Waals surface area contributed by atoms with Crippen LogP contribution in [0, 0.1) is 13.8 Å².